The van der Waals surface area contributed by atoms with Gasteiger partial charge in [0.05, 0.1) is 6.21 Å². The van der Waals surface area contributed by atoms with Crippen molar-refractivity contribution in [1.82, 2.24) is 5.43 Å². The maximum absolute atomic E-state index is 5.89. The summed E-state index contributed by atoms with van der Waals surface area (Å²) in [5, 5.41) is 7.82. The first kappa shape index (κ1) is 21.3. The van der Waals surface area contributed by atoms with E-state index in [1.54, 1.807) is 6.21 Å². The summed E-state index contributed by atoms with van der Waals surface area (Å²) < 4.78 is 11.6. The van der Waals surface area contributed by atoms with Crippen LogP contribution in [0.2, 0.25) is 0 Å². The number of para-hydroxylation sites is 2. The lowest BCUT2D eigenvalue weighted by Gasteiger charge is -2.11. The quantitative estimate of drug-likeness (QED) is 0.231. The molecule has 2 N–H and O–H groups in total. The Kier molecular flexibility index (Phi) is 7.80. The molecule has 0 saturated carbocycles. The summed E-state index contributed by atoms with van der Waals surface area (Å²) in [7, 11) is 0. The maximum atomic E-state index is 5.89. The fourth-order valence-corrected chi connectivity index (χ4v) is 2.91. The van der Waals surface area contributed by atoms with E-state index in [9.17, 15) is 0 Å². The second-order valence-corrected chi connectivity index (χ2v) is 7.10. The van der Waals surface area contributed by atoms with Crippen LogP contribution in [0.25, 0.3) is 0 Å². The number of hydrazone groups is 1. The maximum Gasteiger partial charge on any atom is 0.191 e. The van der Waals surface area contributed by atoms with Crippen LogP contribution in [-0.4, -0.2) is 24.5 Å². The van der Waals surface area contributed by atoms with Crippen molar-refractivity contribution in [3.63, 3.8) is 0 Å². The van der Waals surface area contributed by atoms with Crippen LogP contribution in [-0.2, 0) is 0 Å². The monoisotopic (exact) mass is 419 g/mol. The highest BCUT2D eigenvalue weighted by atomic mass is 32.1. The van der Waals surface area contributed by atoms with Gasteiger partial charge in [-0.15, -0.1) is 0 Å². The molecule has 0 radical (unpaired) electrons. The van der Waals surface area contributed by atoms with Crippen molar-refractivity contribution in [2.45, 2.75) is 13.8 Å². The van der Waals surface area contributed by atoms with E-state index in [1.807, 2.05) is 86.6 Å². The van der Waals surface area contributed by atoms with Crippen LogP contribution in [0.5, 0.6) is 11.5 Å². The molecule has 0 atom stereocenters. The number of hydrogen-bond acceptors (Lipinski definition) is 4. The van der Waals surface area contributed by atoms with Gasteiger partial charge in [-0.25, -0.2) is 0 Å². The molecule has 0 aromatic heterocycles. The molecule has 0 aliphatic carbocycles. The molecule has 3 aromatic carbocycles. The molecule has 0 fully saturated rings. The lowest BCUT2D eigenvalue weighted by molar-refractivity contribution is 0.217. The Morgan fingerprint density at radius 1 is 0.933 bits per heavy atom. The second kappa shape index (κ2) is 11.0. The first-order chi connectivity index (χ1) is 14.6. The fraction of sp³-hybridized carbons (Fsp3) is 0.167. The second-order valence-electron chi connectivity index (χ2n) is 6.69. The molecule has 0 spiro atoms. The molecule has 0 aliphatic heterocycles. The number of benzene rings is 3. The molecule has 3 aromatic rings. The van der Waals surface area contributed by atoms with Gasteiger partial charge in [-0.3, -0.25) is 5.43 Å². The number of hydrogen-bond donors (Lipinski definition) is 2. The van der Waals surface area contributed by atoms with Crippen molar-refractivity contribution in [2.75, 3.05) is 18.5 Å². The predicted molar refractivity (Wildman–Crippen MR) is 127 cm³/mol. The lowest BCUT2D eigenvalue weighted by atomic mass is 10.1. The van der Waals surface area contributed by atoms with Crippen molar-refractivity contribution in [1.29, 1.82) is 0 Å². The molecule has 0 bridgehead atoms. The topological polar surface area (TPSA) is 54.9 Å². The van der Waals surface area contributed by atoms with Crippen molar-refractivity contribution >= 4 is 29.2 Å². The van der Waals surface area contributed by atoms with Crippen LogP contribution >= 0.6 is 12.2 Å². The highest BCUT2D eigenvalue weighted by molar-refractivity contribution is 7.80. The molecule has 0 heterocycles. The smallest absolute Gasteiger partial charge is 0.191 e. The van der Waals surface area contributed by atoms with Crippen LogP contribution in [0.4, 0.5) is 5.69 Å². The number of nitrogens with one attached hydrogen (secondary N) is 2. The van der Waals surface area contributed by atoms with Crippen LogP contribution in [0.15, 0.2) is 77.9 Å². The Hall–Kier alpha value is -3.38. The zero-order valence-corrected chi connectivity index (χ0v) is 17.9. The SMILES string of the molecule is Cc1ccc(OCCOc2ccccc2)c(/C=N\NC(=S)Nc2ccccc2C)c1. The minimum absolute atomic E-state index is 0.423. The molecule has 5 nitrogen and oxygen atoms in total. The predicted octanol–water partition coefficient (Wildman–Crippen LogP) is 5.08. The van der Waals surface area contributed by atoms with Gasteiger partial charge in [0.2, 0.25) is 0 Å². The molecule has 154 valence electrons. The van der Waals surface area contributed by atoms with Crippen LogP contribution in [0.1, 0.15) is 16.7 Å². The molecule has 3 rings (SSSR count). The third kappa shape index (κ3) is 6.60. The summed E-state index contributed by atoms with van der Waals surface area (Å²) in [4.78, 5) is 0. The molecule has 0 aliphatic rings. The molecule has 30 heavy (non-hydrogen) atoms. The van der Waals surface area contributed by atoms with Gasteiger partial charge < -0.3 is 14.8 Å². The Labute approximate surface area is 182 Å². The Balaban J connectivity index is 1.53. The average molecular weight is 420 g/mol. The van der Waals surface area contributed by atoms with E-state index in [0.717, 1.165) is 33.9 Å². The van der Waals surface area contributed by atoms with E-state index in [1.165, 1.54) is 0 Å². The highest BCUT2D eigenvalue weighted by Gasteiger charge is 2.04. The van der Waals surface area contributed by atoms with Gasteiger partial charge in [0, 0.05) is 11.3 Å². The number of anilines is 1. The molecular formula is C24H25N3O2S. The zero-order chi connectivity index (χ0) is 21.2. The van der Waals surface area contributed by atoms with E-state index >= 15 is 0 Å². The molecule has 6 heteroatoms. The van der Waals surface area contributed by atoms with Crippen LogP contribution < -0.4 is 20.2 Å². The third-order valence-corrected chi connectivity index (χ3v) is 4.47. The van der Waals surface area contributed by atoms with Gasteiger partial charge in [-0.2, -0.15) is 5.10 Å². The standard InChI is InChI=1S/C24H25N3O2S/c1-18-12-13-23(29-15-14-28-21-9-4-3-5-10-21)20(16-18)17-25-27-24(30)26-22-11-7-6-8-19(22)2/h3-13,16-17H,14-15H2,1-2H3,(H2,26,27,30)/b25-17-. The Morgan fingerprint density at radius 2 is 1.67 bits per heavy atom. The van der Waals surface area contributed by atoms with E-state index < -0.39 is 0 Å². The number of rotatable bonds is 8. The van der Waals surface area contributed by atoms with Gasteiger partial charge in [-0.1, -0.05) is 48.0 Å². The Bertz CT molecular complexity index is 1010. The summed E-state index contributed by atoms with van der Waals surface area (Å²) in [6.07, 6.45) is 1.70. The van der Waals surface area contributed by atoms with Crippen molar-refractivity contribution in [3.05, 3.63) is 89.5 Å². The number of thiocarbonyl (C=S) groups is 1. The van der Waals surface area contributed by atoms with Crippen LogP contribution in [0, 0.1) is 13.8 Å². The van der Waals surface area contributed by atoms with Gasteiger partial charge in [0.1, 0.15) is 24.7 Å². The number of aryl methyl sites for hydroxylation is 2. The Morgan fingerprint density at radius 3 is 2.47 bits per heavy atom. The first-order valence-electron chi connectivity index (χ1n) is 9.69. The molecule has 0 amide bonds. The summed E-state index contributed by atoms with van der Waals surface area (Å²) in [6, 6.07) is 23.6. The average Bonchev–Trinajstić information content (AvgIpc) is 2.75. The summed E-state index contributed by atoms with van der Waals surface area (Å²) >= 11 is 5.32. The van der Waals surface area contributed by atoms with Gasteiger partial charge >= 0.3 is 0 Å². The highest BCUT2D eigenvalue weighted by Crippen LogP contribution is 2.18. The minimum atomic E-state index is 0.423. The number of ether oxygens (including phenoxy) is 2. The van der Waals surface area contributed by atoms with Gasteiger partial charge in [0.15, 0.2) is 5.11 Å². The third-order valence-electron chi connectivity index (χ3n) is 4.28. The van der Waals surface area contributed by atoms with E-state index in [2.05, 4.69) is 15.8 Å². The first-order valence-corrected chi connectivity index (χ1v) is 10.1. The molecule has 0 saturated heterocycles. The van der Waals surface area contributed by atoms with E-state index in [-0.39, 0.29) is 0 Å². The van der Waals surface area contributed by atoms with E-state index in [4.69, 9.17) is 21.7 Å². The number of nitrogens with zero attached hydrogens (tertiary/aromatic N) is 1. The summed E-state index contributed by atoms with van der Waals surface area (Å²) in [5.41, 5.74) is 6.89. The van der Waals surface area contributed by atoms with Gasteiger partial charge in [-0.05, 0) is 62.0 Å². The fourth-order valence-electron chi connectivity index (χ4n) is 2.75. The van der Waals surface area contributed by atoms with Crippen molar-refractivity contribution in [3.8, 4) is 11.5 Å². The summed E-state index contributed by atoms with van der Waals surface area (Å²) in [6.45, 7) is 4.93. The molecule has 0 unspecified atom stereocenters. The van der Waals surface area contributed by atoms with Crippen LogP contribution in [0.3, 0.4) is 0 Å². The zero-order valence-electron chi connectivity index (χ0n) is 17.1. The lowest BCUT2D eigenvalue weighted by Crippen LogP contribution is -2.24. The van der Waals surface area contributed by atoms with Crippen molar-refractivity contribution in [2.24, 2.45) is 5.10 Å². The van der Waals surface area contributed by atoms with Gasteiger partial charge in [0.25, 0.3) is 0 Å². The van der Waals surface area contributed by atoms with E-state index in [0.29, 0.717) is 18.3 Å². The largest absolute Gasteiger partial charge is 0.490 e. The molecular weight excluding hydrogens is 394 g/mol. The minimum Gasteiger partial charge on any atom is -0.490 e. The summed E-state index contributed by atoms with van der Waals surface area (Å²) in [5.74, 6) is 1.56. The normalized spacial score (nSPS) is 10.6. The van der Waals surface area contributed by atoms with Crippen molar-refractivity contribution < 1.29 is 9.47 Å².